The first-order chi connectivity index (χ1) is 8.56. The summed E-state index contributed by atoms with van der Waals surface area (Å²) in [5.41, 5.74) is 0.269. The molecule has 1 rings (SSSR count). The van der Waals surface area contributed by atoms with Gasteiger partial charge in [0.05, 0.1) is 12.0 Å². The highest BCUT2D eigenvalue weighted by Gasteiger charge is 2.30. The van der Waals surface area contributed by atoms with Crippen LogP contribution in [-0.4, -0.2) is 35.1 Å². The first-order valence-corrected chi connectivity index (χ1v) is 5.77. The summed E-state index contributed by atoms with van der Waals surface area (Å²) in [6.07, 6.45) is 2.04. The van der Waals surface area contributed by atoms with Crippen molar-refractivity contribution in [2.24, 2.45) is 0 Å². The molecule has 7 nitrogen and oxygen atoms in total. The summed E-state index contributed by atoms with van der Waals surface area (Å²) in [5.74, 6) is -0.0564. The molecule has 0 aliphatic carbocycles. The van der Waals surface area contributed by atoms with E-state index in [1.807, 2.05) is 20.9 Å². The van der Waals surface area contributed by atoms with Crippen molar-refractivity contribution in [3.8, 4) is 5.88 Å². The number of nitro groups is 1. The van der Waals surface area contributed by atoms with Crippen LogP contribution in [0.2, 0.25) is 0 Å². The molecule has 0 radical (unpaired) electrons. The Labute approximate surface area is 106 Å². The zero-order chi connectivity index (χ0) is 13.7. The van der Waals surface area contributed by atoms with E-state index in [-0.39, 0.29) is 23.5 Å². The average Bonchev–Trinajstić information content (AvgIpc) is 2.38. The first kappa shape index (κ1) is 14.3. The number of nitrogens with zero attached hydrogens (tertiary/aromatic N) is 3. The molecule has 0 aliphatic rings. The molecule has 1 N–H and O–H groups in total. The number of aromatic nitrogens is 2. The minimum atomic E-state index is -0.487. The molecule has 0 aliphatic heterocycles. The lowest BCUT2D eigenvalue weighted by molar-refractivity contribution is -0.387. The van der Waals surface area contributed by atoms with Crippen LogP contribution >= 0.6 is 0 Å². The quantitative estimate of drug-likeness (QED) is 0.611. The van der Waals surface area contributed by atoms with Gasteiger partial charge in [0.1, 0.15) is 12.0 Å². The summed E-state index contributed by atoms with van der Waals surface area (Å²) < 4.78 is 4.94. The van der Waals surface area contributed by atoms with Crippen molar-refractivity contribution in [2.75, 3.05) is 14.2 Å². The third-order valence-corrected chi connectivity index (χ3v) is 3.04. The normalized spacial score (nSPS) is 14.0. The largest absolute Gasteiger partial charge is 0.476 e. The fraction of sp³-hybridized carbons (Fsp3) is 0.636. The van der Waals surface area contributed by atoms with Gasteiger partial charge < -0.3 is 10.1 Å². The van der Waals surface area contributed by atoms with Crippen LogP contribution in [0.25, 0.3) is 0 Å². The molecule has 100 valence electrons. The Balaban J connectivity index is 3.33. The average molecular weight is 254 g/mol. The molecule has 2 atom stereocenters. The van der Waals surface area contributed by atoms with Gasteiger partial charge in [-0.2, -0.15) is 4.98 Å². The van der Waals surface area contributed by atoms with Crippen molar-refractivity contribution in [1.82, 2.24) is 15.3 Å². The van der Waals surface area contributed by atoms with E-state index in [4.69, 9.17) is 4.74 Å². The molecule has 18 heavy (non-hydrogen) atoms. The van der Waals surface area contributed by atoms with Gasteiger partial charge >= 0.3 is 5.69 Å². The lowest BCUT2D eigenvalue weighted by Crippen LogP contribution is -2.29. The minimum absolute atomic E-state index is 0.00625. The van der Waals surface area contributed by atoms with Crippen LogP contribution in [0.15, 0.2) is 6.33 Å². The van der Waals surface area contributed by atoms with Crippen molar-refractivity contribution in [3.05, 3.63) is 22.1 Å². The zero-order valence-corrected chi connectivity index (χ0v) is 11.0. The third kappa shape index (κ3) is 2.73. The molecule has 1 aromatic heterocycles. The fourth-order valence-electron chi connectivity index (χ4n) is 1.95. The van der Waals surface area contributed by atoms with E-state index in [0.717, 1.165) is 6.42 Å². The summed E-state index contributed by atoms with van der Waals surface area (Å²) in [5, 5.41) is 14.3. The molecule has 1 aromatic rings. The maximum atomic E-state index is 11.2. The van der Waals surface area contributed by atoms with Crippen molar-refractivity contribution < 1.29 is 9.66 Å². The van der Waals surface area contributed by atoms with E-state index in [2.05, 4.69) is 15.3 Å². The molecule has 0 saturated carbocycles. The third-order valence-electron chi connectivity index (χ3n) is 3.04. The van der Waals surface area contributed by atoms with Gasteiger partial charge in [0, 0.05) is 12.0 Å². The Kier molecular flexibility index (Phi) is 4.96. The number of rotatable bonds is 6. The molecule has 0 saturated heterocycles. The highest BCUT2D eigenvalue weighted by Crippen LogP contribution is 2.34. The van der Waals surface area contributed by atoms with E-state index in [0.29, 0.717) is 5.69 Å². The summed E-state index contributed by atoms with van der Waals surface area (Å²) in [6, 6.07) is 0.0771. The van der Waals surface area contributed by atoms with Gasteiger partial charge in [-0.25, -0.2) is 4.98 Å². The summed E-state index contributed by atoms with van der Waals surface area (Å²) in [7, 11) is 3.18. The topological polar surface area (TPSA) is 90.2 Å². The zero-order valence-electron chi connectivity index (χ0n) is 11.0. The second kappa shape index (κ2) is 6.25. The standard InChI is InChI=1S/C11H18N4O3/c1-5-8(7(2)12-3)9-10(15(16)17)11(18-4)14-6-13-9/h6-8,12H,5H2,1-4H3. The molecule has 0 amide bonds. The number of likely N-dealkylation sites (N-methyl/N-ethyl adjacent to an activating group) is 1. The first-order valence-electron chi connectivity index (χ1n) is 5.77. The molecule has 7 heteroatoms. The van der Waals surface area contributed by atoms with Crippen LogP contribution in [0.5, 0.6) is 5.88 Å². The van der Waals surface area contributed by atoms with Crippen molar-refractivity contribution in [3.63, 3.8) is 0 Å². The predicted octanol–water partition coefficient (Wildman–Crippen LogP) is 1.49. The molecule has 0 aromatic carbocycles. The van der Waals surface area contributed by atoms with Gasteiger partial charge in [0.25, 0.3) is 5.88 Å². The number of hydrogen-bond donors (Lipinski definition) is 1. The predicted molar refractivity (Wildman–Crippen MR) is 66.8 cm³/mol. The lowest BCUT2D eigenvalue weighted by atomic mass is 9.93. The fourth-order valence-corrected chi connectivity index (χ4v) is 1.95. The minimum Gasteiger partial charge on any atom is -0.476 e. The van der Waals surface area contributed by atoms with E-state index in [9.17, 15) is 10.1 Å². The van der Waals surface area contributed by atoms with Gasteiger partial charge in [-0.15, -0.1) is 0 Å². The Morgan fingerprint density at radius 2 is 2.22 bits per heavy atom. The van der Waals surface area contributed by atoms with E-state index in [1.165, 1.54) is 13.4 Å². The highest BCUT2D eigenvalue weighted by molar-refractivity contribution is 5.46. The number of hydrogen-bond acceptors (Lipinski definition) is 6. The van der Waals surface area contributed by atoms with Crippen LogP contribution < -0.4 is 10.1 Å². The van der Waals surface area contributed by atoms with Crippen molar-refractivity contribution >= 4 is 5.69 Å². The maximum Gasteiger partial charge on any atom is 0.352 e. The van der Waals surface area contributed by atoms with Crippen LogP contribution in [0.1, 0.15) is 31.9 Å². The van der Waals surface area contributed by atoms with Crippen LogP contribution in [0, 0.1) is 10.1 Å². The van der Waals surface area contributed by atoms with Gasteiger partial charge in [-0.1, -0.05) is 6.92 Å². The van der Waals surface area contributed by atoms with Gasteiger partial charge in [-0.05, 0) is 20.4 Å². The SMILES string of the molecule is CCC(c1ncnc(OC)c1[N+](=O)[O-])C(C)NC. The Morgan fingerprint density at radius 1 is 1.56 bits per heavy atom. The molecule has 2 unspecified atom stereocenters. The van der Waals surface area contributed by atoms with E-state index >= 15 is 0 Å². The van der Waals surface area contributed by atoms with E-state index in [1.54, 1.807) is 0 Å². The summed E-state index contributed by atoms with van der Waals surface area (Å²) in [4.78, 5) is 18.5. The summed E-state index contributed by atoms with van der Waals surface area (Å²) >= 11 is 0. The highest BCUT2D eigenvalue weighted by atomic mass is 16.6. The Morgan fingerprint density at radius 3 is 2.67 bits per heavy atom. The monoisotopic (exact) mass is 254 g/mol. The molecular weight excluding hydrogens is 236 g/mol. The van der Waals surface area contributed by atoms with Gasteiger partial charge in [0.15, 0.2) is 0 Å². The Bertz CT molecular complexity index is 425. The van der Waals surface area contributed by atoms with Gasteiger partial charge in [0.2, 0.25) is 0 Å². The van der Waals surface area contributed by atoms with Crippen LogP contribution in [-0.2, 0) is 0 Å². The number of nitrogens with one attached hydrogen (secondary N) is 1. The molecule has 0 bridgehead atoms. The molecular formula is C11H18N4O3. The van der Waals surface area contributed by atoms with Crippen LogP contribution in [0.3, 0.4) is 0 Å². The van der Waals surface area contributed by atoms with Crippen molar-refractivity contribution in [1.29, 1.82) is 0 Å². The second-order valence-electron chi connectivity index (χ2n) is 3.97. The van der Waals surface area contributed by atoms with E-state index < -0.39 is 4.92 Å². The molecule has 0 fully saturated rings. The number of methoxy groups -OCH3 is 1. The maximum absolute atomic E-state index is 11.2. The lowest BCUT2D eigenvalue weighted by Gasteiger charge is -2.21. The second-order valence-corrected chi connectivity index (χ2v) is 3.97. The Hall–Kier alpha value is -1.76. The molecule has 1 heterocycles. The van der Waals surface area contributed by atoms with Crippen LogP contribution in [0.4, 0.5) is 5.69 Å². The summed E-state index contributed by atoms with van der Waals surface area (Å²) in [6.45, 7) is 3.93. The van der Waals surface area contributed by atoms with Gasteiger partial charge in [-0.3, -0.25) is 10.1 Å². The smallest absolute Gasteiger partial charge is 0.352 e. The molecule has 0 spiro atoms. The van der Waals surface area contributed by atoms with Crippen molar-refractivity contribution in [2.45, 2.75) is 32.2 Å². The number of ether oxygens (including phenoxy) is 1.